The van der Waals surface area contributed by atoms with E-state index in [1.807, 2.05) is 32.2 Å². The summed E-state index contributed by atoms with van der Waals surface area (Å²) >= 11 is 0. The number of nitrogens with one attached hydrogen (secondary N) is 2. The first kappa shape index (κ1) is 27.6. The Labute approximate surface area is 232 Å². The van der Waals surface area contributed by atoms with E-state index < -0.39 is 9.84 Å². The number of aryl methyl sites for hydroxylation is 1. The zero-order valence-electron chi connectivity index (χ0n) is 23.3. The number of likely N-dealkylation sites (N-methyl/N-ethyl adjacent to an activating group) is 1. The number of anilines is 1. The summed E-state index contributed by atoms with van der Waals surface area (Å²) in [4.78, 5) is 23.2. The summed E-state index contributed by atoms with van der Waals surface area (Å²) in [5.74, 6) is 0.685. The minimum atomic E-state index is -3.37. The number of piperazine rings is 1. The number of pyridine rings is 1. The number of carbonyl (C=O) groups is 1. The van der Waals surface area contributed by atoms with Crippen molar-refractivity contribution >= 4 is 27.1 Å². The average molecular weight is 550 g/mol. The Morgan fingerprint density at radius 3 is 2.67 bits per heavy atom. The van der Waals surface area contributed by atoms with Crippen molar-refractivity contribution in [1.82, 2.24) is 20.1 Å². The predicted molar refractivity (Wildman–Crippen MR) is 156 cm³/mol. The molecule has 1 aromatic heterocycles. The third kappa shape index (κ3) is 5.66. The molecule has 1 saturated heterocycles. The summed E-state index contributed by atoms with van der Waals surface area (Å²) in [7, 11) is -1.22. The molecular formula is C30H39N5O3S. The van der Waals surface area contributed by atoms with Gasteiger partial charge in [0.1, 0.15) is 5.82 Å². The summed E-state index contributed by atoms with van der Waals surface area (Å²) < 4.78 is 25.4. The molecule has 1 fully saturated rings. The standard InChI is InChI=1S/C30H39N5O3S/c1-5-39(37,38)23-9-6-8-22(17-23)25-18-24(30(36)31-10-7-11-35-14-12-34(4)13-15-35)21(3)28-27(25)26-16-20(2)19-32-29(26)33-28/h6,8-9,16-19,27-28H,5,7,10-15H2,1-4H3,(H,31,36)(H,32,33). The van der Waals surface area contributed by atoms with E-state index in [1.54, 1.807) is 25.1 Å². The second-order valence-corrected chi connectivity index (χ2v) is 13.2. The second kappa shape index (κ2) is 11.2. The molecule has 9 heteroatoms. The summed E-state index contributed by atoms with van der Waals surface area (Å²) in [6.07, 6.45) is 4.70. The highest BCUT2D eigenvalue weighted by Crippen LogP contribution is 2.49. The molecule has 8 nitrogen and oxygen atoms in total. The monoisotopic (exact) mass is 549 g/mol. The number of sulfone groups is 1. The van der Waals surface area contributed by atoms with Crippen LogP contribution in [-0.2, 0) is 14.6 Å². The number of hydrogen-bond acceptors (Lipinski definition) is 7. The van der Waals surface area contributed by atoms with Crippen molar-refractivity contribution in [2.45, 2.75) is 44.0 Å². The Morgan fingerprint density at radius 2 is 1.92 bits per heavy atom. The van der Waals surface area contributed by atoms with Crippen LogP contribution < -0.4 is 10.6 Å². The molecule has 39 heavy (non-hydrogen) atoms. The van der Waals surface area contributed by atoms with Gasteiger partial charge in [-0.1, -0.05) is 25.1 Å². The largest absolute Gasteiger partial charge is 0.362 e. The fraction of sp³-hybridized carbons (Fsp3) is 0.467. The van der Waals surface area contributed by atoms with Crippen LogP contribution in [0, 0.1) is 6.92 Å². The predicted octanol–water partition coefficient (Wildman–Crippen LogP) is 3.23. The lowest BCUT2D eigenvalue weighted by Crippen LogP contribution is -2.45. The first-order chi connectivity index (χ1) is 18.7. The minimum absolute atomic E-state index is 0.0376. The third-order valence-electron chi connectivity index (χ3n) is 8.22. The fourth-order valence-corrected chi connectivity index (χ4v) is 6.73. The summed E-state index contributed by atoms with van der Waals surface area (Å²) in [6, 6.07) is 9.11. The first-order valence-corrected chi connectivity index (χ1v) is 15.5. The van der Waals surface area contributed by atoms with Crippen molar-refractivity contribution in [1.29, 1.82) is 0 Å². The molecule has 2 N–H and O–H groups in total. The fourth-order valence-electron chi connectivity index (χ4n) is 5.81. The van der Waals surface area contributed by atoms with Gasteiger partial charge in [-0.25, -0.2) is 13.4 Å². The maximum atomic E-state index is 13.5. The van der Waals surface area contributed by atoms with Crippen molar-refractivity contribution in [3.05, 3.63) is 70.4 Å². The highest BCUT2D eigenvalue weighted by molar-refractivity contribution is 7.91. The van der Waals surface area contributed by atoms with E-state index in [0.717, 1.165) is 72.8 Å². The van der Waals surface area contributed by atoms with E-state index in [9.17, 15) is 13.2 Å². The van der Waals surface area contributed by atoms with Gasteiger partial charge < -0.3 is 20.4 Å². The normalized spacial score (nSPS) is 21.7. The van der Waals surface area contributed by atoms with Crippen molar-refractivity contribution in [3.63, 3.8) is 0 Å². The van der Waals surface area contributed by atoms with Gasteiger partial charge in [-0.15, -0.1) is 0 Å². The van der Waals surface area contributed by atoms with Crippen LogP contribution in [0.5, 0.6) is 0 Å². The molecule has 2 atom stereocenters. The molecular weight excluding hydrogens is 510 g/mol. The van der Waals surface area contributed by atoms with Gasteiger partial charge in [-0.05, 0) is 74.3 Å². The molecule has 208 valence electrons. The SMILES string of the molecule is CCS(=O)(=O)c1cccc(C2=CC(C(=O)NCCCN3CCN(C)CC3)=C(C)C3Nc4ncc(C)cc4C23)c1. The molecule has 0 radical (unpaired) electrons. The van der Waals surface area contributed by atoms with E-state index in [2.05, 4.69) is 38.5 Å². The number of benzene rings is 1. The summed E-state index contributed by atoms with van der Waals surface area (Å²) in [5.41, 5.74) is 5.47. The van der Waals surface area contributed by atoms with Crippen LogP contribution in [0.15, 0.2) is 58.6 Å². The second-order valence-electron chi connectivity index (χ2n) is 10.9. The smallest absolute Gasteiger partial charge is 0.251 e. The van der Waals surface area contributed by atoms with Crippen molar-refractivity contribution in [3.8, 4) is 0 Å². The Bertz CT molecular complexity index is 1420. The number of aromatic nitrogens is 1. The van der Waals surface area contributed by atoms with Crippen molar-refractivity contribution in [2.24, 2.45) is 0 Å². The maximum absolute atomic E-state index is 13.5. The molecule has 2 aromatic rings. The third-order valence-corrected chi connectivity index (χ3v) is 9.96. The molecule has 0 saturated carbocycles. The molecule has 3 heterocycles. The lowest BCUT2D eigenvalue weighted by molar-refractivity contribution is -0.117. The Hall–Kier alpha value is -3.01. The highest BCUT2D eigenvalue weighted by atomic mass is 32.2. The Kier molecular flexibility index (Phi) is 7.94. The van der Waals surface area contributed by atoms with E-state index in [1.165, 1.54) is 0 Å². The highest BCUT2D eigenvalue weighted by Gasteiger charge is 2.41. The van der Waals surface area contributed by atoms with Crippen LogP contribution in [-0.4, -0.2) is 87.2 Å². The van der Waals surface area contributed by atoms with Gasteiger partial charge in [0, 0.05) is 56.0 Å². The topological polar surface area (TPSA) is 94.6 Å². The zero-order valence-corrected chi connectivity index (χ0v) is 24.1. The van der Waals surface area contributed by atoms with Gasteiger partial charge in [0.25, 0.3) is 5.91 Å². The zero-order chi connectivity index (χ0) is 27.7. The number of carbonyl (C=O) groups excluding carboxylic acids is 1. The van der Waals surface area contributed by atoms with Crippen molar-refractivity contribution < 1.29 is 13.2 Å². The molecule has 5 rings (SSSR count). The van der Waals surface area contributed by atoms with Gasteiger partial charge in [0.2, 0.25) is 0 Å². The number of hydrogen-bond donors (Lipinski definition) is 2. The molecule has 1 amide bonds. The van der Waals surface area contributed by atoms with Gasteiger partial charge in [0.15, 0.2) is 9.84 Å². The molecule has 1 aliphatic carbocycles. The van der Waals surface area contributed by atoms with E-state index in [-0.39, 0.29) is 23.6 Å². The average Bonchev–Trinajstić information content (AvgIpc) is 3.31. The summed E-state index contributed by atoms with van der Waals surface area (Å²) in [5, 5.41) is 6.69. The van der Waals surface area contributed by atoms with Crippen LogP contribution in [0.4, 0.5) is 5.82 Å². The summed E-state index contributed by atoms with van der Waals surface area (Å²) in [6.45, 7) is 11.6. The van der Waals surface area contributed by atoms with Gasteiger partial charge in [0.05, 0.1) is 16.7 Å². The molecule has 3 aliphatic rings. The van der Waals surface area contributed by atoms with E-state index in [4.69, 9.17) is 0 Å². The lowest BCUT2D eigenvalue weighted by Gasteiger charge is -2.32. The minimum Gasteiger partial charge on any atom is -0.362 e. The van der Waals surface area contributed by atoms with Gasteiger partial charge in [-0.2, -0.15) is 0 Å². The number of nitrogens with zero attached hydrogens (tertiary/aromatic N) is 3. The Morgan fingerprint density at radius 1 is 1.15 bits per heavy atom. The number of fused-ring (bicyclic) bond motifs is 3. The molecule has 0 spiro atoms. The van der Waals surface area contributed by atoms with Crippen LogP contribution in [0.25, 0.3) is 5.57 Å². The van der Waals surface area contributed by atoms with E-state index in [0.29, 0.717) is 17.0 Å². The Balaban J connectivity index is 1.42. The van der Waals surface area contributed by atoms with Crippen molar-refractivity contribution in [2.75, 3.05) is 57.4 Å². The van der Waals surface area contributed by atoms with Crippen LogP contribution in [0.3, 0.4) is 0 Å². The van der Waals surface area contributed by atoms with Crippen LogP contribution in [0.2, 0.25) is 0 Å². The first-order valence-electron chi connectivity index (χ1n) is 13.9. The van der Waals surface area contributed by atoms with Crippen LogP contribution in [0.1, 0.15) is 42.9 Å². The number of rotatable bonds is 8. The van der Waals surface area contributed by atoms with Crippen LogP contribution >= 0.6 is 0 Å². The molecule has 1 aromatic carbocycles. The van der Waals surface area contributed by atoms with Gasteiger partial charge in [-0.3, -0.25) is 4.79 Å². The van der Waals surface area contributed by atoms with Gasteiger partial charge >= 0.3 is 0 Å². The van der Waals surface area contributed by atoms with E-state index >= 15 is 0 Å². The maximum Gasteiger partial charge on any atom is 0.251 e. The molecule has 2 unspecified atom stereocenters. The molecule has 2 aliphatic heterocycles. The lowest BCUT2D eigenvalue weighted by atomic mass is 9.75. The number of amides is 1. The molecule has 0 bridgehead atoms. The quantitative estimate of drug-likeness (QED) is 0.489.